The molecule has 1 atom stereocenters. The van der Waals surface area contributed by atoms with Crippen LogP contribution in [-0.4, -0.2) is 27.3 Å². The number of nitrogen functional groups attached to an aromatic ring is 1. The molecule has 1 aromatic heterocycles. The maximum atomic E-state index is 12.9. The van der Waals surface area contributed by atoms with Gasteiger partial charge in [0.1, 0.15) is 5.69 Å². The zero-order valence-electron chi connectivity index (χ0n) is 16.7. The summed E-state index contributed by atoms with van der Waals surface area (Å²) in [5.74, 6) is -1.40. The van der Waals surface area contributed by atoms with Crippen LogP contribution in [0.25, 0.3) is 5.69 Å². The molecule has 0 saturated carbocycles. The topological polar surface area (TPSA) is 108 Å². The van der Waals surface area contributed by atoms with Crippen molar-refractivity contribution in [1.29, 1.82) is 0 Å². The van der Waals surface area contributed by atoms with E-state index in [1.807, 2.05) is 18.2 Å². The summed E-state index contributed by atoms with van der Waals surface area (Å²) in [6.45, 7) is 3.12. The molecule has 0 aliphatic rings. The van der Waals surface area contributed by atoms with E-state index < -0.39 is 23.5 Å². The molecule has 1 heterocycles. The van der Waals surface area contributed by atoms with Gasteiger partial charge in [0.2, 0.25) is 0 Å². The van der Waals surface area contributed by atoms with Crippen molar-refractivity contribution in [2.24, 2.45) is 7.05 Å². The molecule has 0 radical (unpaired) electrons. The smallest absolute Gasteiger partial charge is 0.341 e. The van der Waals surface area contributed by atoms with Gasteiger partial charge in [-0.1, -0.05) is 29.8 Å². The third-order valence-electron chi connectivity index (χ3n) is 4.69. The summed E-state index contributed by atoms with van der Waals surface area (Å²) >= 11 is 5.83. The predicted molar refractivity (Wildman–Crippen MR) is 115 cm³/mol. The van der Waals surface area contributed by atoms with Crippen molar-refractivity contribution in [3.63, 3.8) is 0 Å². The number of carbonyl (C=O) groups is 2. The number of para-hydroxylation sites is 1. The van der Waals surface area contributed by atoms with Gasteiger partial charge < -0.3 is 15.8 Å². The van der Waals surface area contributed by atoms with E-state index in [0.717, 1.165) is 0 Å². The molecule has 1 unspecified atom stereocenters. The molecule has 9 heteroatoms. The second-order valence-corrected chi connectivity index (χ2v) is 7.14. The second-order valence-electron chi connectivity index (χ2n) is 6.70. The maximum Gasteiger partial charge on any atom is 0.341 e. The second kappa shape index (κ2) is 8.46. The minimum Gasteiger partial charge on any atom is -0.449 e. The summed E-state index contributed by atoms with van der Waals surface area (Å²) < 4.78 is 8.28. The average Bonchev–Trinajstić information content (AvgIpc) is 2.91. The summed E-state index contributed by atoms with van der Waals surface area (Å²) in [6, 6.07) is 13.4. The third-order valence-corrected chi connectivity index (χ3v) is 4.92. The lowest BCUT2D eigenvalue weighted by atomic mass is 10.2. The van der Waals surface area contributed by atoms with Crippen molar-refractivity contribution in [1.82, 2.24) is 9.36 Å². The number of nitrogens with two attached hydrogens (primary N) is 1. The largest absolute Gasteiger partial charge is 0.449 e. The van der Waals surface area contributed by atoms with Crippen molar-refractivity contribution in [2.45, 2.75) is 20.0 Å². The van der Waals surface area contributed by atoms with E-state index in [4.69, 9.17) is 22.1 Å². The summed E-state index contributed by atoms with van der Waals surface area (Å²) in [7, 11) is 1.71. The molecule has 2 aromatic carbocycles. The van der Waals surface area contributed by atoms with Crippen molar-refractivity contribution in [3.05, 3.63) is 75.2 Å². The van der Waals surface area contributed by atoms with Gasteiger partial charge in [-0.3, -0.25) is 14.3 Å². The molecule has 0 bridgehead atoms. The molecule has 0 fully saturated rings. The number of hydrogen-bond acceptors (Lipinski definition) is 5. The highest BCUT2D eigenvalue weighted by molar-refractivity contribution is 6.31. The van der Waals surface area contributed by atoms with E-state index in [2.05, 4.69) is 5.32 Å². The Bertz CT molecular complexity index is 1170. The van der Waals surface area contributed by atoms with E-state index in [0.29, 0.717) is 16.4 Å². The number of rotatable bonds is 5. The molecule has 30 heavy (non-hydrogen) atoms. The van der Waals surface area contributed by atoms with Gasteiger partial charge in [-0.2, -0.15) is 0 Å². The van der Waals surface area contributed by atoms with Crippen LogP contribution in [0.15, 0.2) is 53.3 Å². The first-order valence-corrected chi connectivity index (χ1v) is 9.49. The van der Waals surface area contributed by atoms with Crippen LogP contribution in [0.1, 0.15) is 23.0 Å². The van der Waals surface area contributed by atoms with Crippen molar-refractivity contribution in [3.8, 4) is 5.69 Å². The molecule has 156 valence electrons. The SMILES string of the molecule is Cc1c(NC(=O)C(C)OC(=O)c2ccc(Cl)cc2N)c(=O)n(-c2ccccc2)n1C. The van der Waals surface area contributed by atoms with E-state index >= 15 is 0 Å². The van der Waals surface area contributed by atoms with Crippen molar-refractivity contribution < 1.29 is 14.3 Å². The average molecular weight is 429 g/mol. The van der Waals surface area contributed by atoms with Crippen LogP contribution in [0.4, 0.5) is 11.4 Å². The zero-order chi connectivity index (χ0) is 22.0. The lowest BCUT2D eigenvalue weighted by Crippen LogP contribution is -2.32. The van der Waals surface area contributed by atoms with Crippen molar-refractivity contribution in [2.75, 3.05) is 11.1 Å². The Kier molecular flexibility index (Phi) is 5.98. The molecular weight excluding hydrogens is 408 g/mol. The van der Waals surface area contributed by atoms with Crippen molar-refractivity contribution >= 4 is 34.9 Å². The van der Waals surface area contributed by atoms with E-state index in [-0.39, 0.29) is 16.9 Å². The number of aromatic nitrogens is 2. The normalized spacial score (nSPS) is 11.7. The van der Waals surface area contributed by atoms with Gasteiger partial charge in [0.15, 0.2) is 6.10 Å². The molecule has 1 amide bonds. The molecule has 8 nitrogen and oxygen atoms in total. The van der Waals surface area contributed by atoms with Gasteiger partial charge in [-0.25, -0.2) is 9.48 Å². The Morgan fingerprint density at radius 1 is 1.17 bits per heavy atom. The number of carbonyl (C=O) groups excluding carboxylic acids is 2. The van der Waals surface area contributed by atoms with Crippen LogP contribution in [0.3, 0.4) is 0 Å². The molecule has 3 aromatic rings. The molecule has 0 aliphatic heterocycles. The van der Waals surface area contributed by atoms with Gasteiger partial charge in [0.05, 0.1) is 16.9 Å². The summed E-state index contributed by atoms with van der Waals surface area (Å²) in [4.78, 5) is 37.8. The number of amides is 1. The fraction of sp³-hybridized carbons (Fsp3) is 0.190. The molecular formula is C21H21ClN4O4. The summed E-state index contributed by atoms with van der Waals surface area (Å²) in [6.07, 6.45) is -1.16. The Morgan fingerprint density at radius 3 is 2.47 bits per heavy atom. The van der Waals surface area contributed by atoms with E-state index in [1.54, 1.807) is 30.8 Å². The van der Waals surface area contributed by atoms with Gasteiger partial charge in [0, 0.05) is 17.8 Å². The van der Waals surface area contributed by atoms with Gasteiger partial charge >= 0.3 is 5.97 Å². The predicted octanol–water partition coefficient (Wildman–Crippen LogP) is 2.90. The van der Waals surface area contributed by atoms with Crippen LogP contribution < -0.4 is 16.6 Å². The van der Waals surface area contributed by atoms with E-state index in [9.17, 15) is 14.4 Å². The van der Waals surface area contributed by atoms with Crippen LogP contribution >= 0.6 is 11.6 Å². The number of benzene rings is 2. The number of anilines is 2. The zero-order valence-corrected chi connectivity index (χ0v) is 17.4. The van der Waals surface area contributed by atoms with Gasteiger partial charge in [-0.15, -0.1) is 0 Å². The highest BCUT2D eigenvalue weighted by Gasteiger charge is 2.24. The lowest BCUT2D eigenvalue weighted by Gasteiger charge is -2.14. The number of nitrogens with one attached hydrogen (secondary N) is 1. The van der Waals surface area contributed by atoms with Crippen LogP contribution in [0.2, 0.25) is 5.02 Å². The number of nitrogens with zero attached hydrogens (tertiary/aromatic N) is 2. The monoisotopic (exact) mass is 428 g/mol. The number of halogens is 1. The number of ether oxygens (including phenoxy) is 1. The number of esters is 1. The minimum absolute atomic E-state index is 0.0985. The summed E-state index contributed by atoms with van der Waals surface area (Å²) in [5, 5.41) is 2.95. The number of hydrogen-bond donors (Lipinski definition) is 2. The van der Waals surface area contributed by atoms with Gasteiger partial charge in [0.25, 0.3) is 11.5 Å². The first kappa shape index (κ1) is 21.2. The maximum absolute atomic E-state index is 12.9. The molecule has 3 rings (SSSR count). The molecule has 0 saturated heterocycles. The minimum atomic E-state index is -1.16. The fourth-order valence-corrected chi connectivity index (χ4v) is 3.11. The van der Waals surface area contributed by atoms with E-state index in [1.165, 1.54) is 29.8 Å². The highest BCUT2D eigenvalue weighted by atomic mass is 35.5. The first-order valence-electron chi connectivity index (χ1n) is 9.11. The fourth-order valence-electron chi connectivity index (χ4n) is 2.93. The Morgan fingerprint density at radius 2 is 1.83 bits per heavy atom. The lowest BCUT2D eigenvalue weighted by molar-refractivity contribution is -0.123. The van der Waals surface area contributed by atoms with Gasteiger partial charge in [-0.05, 0) is 44.2 Å². The Labute approximate surface area is 177 Å². The molecule has 0 aliphatic carbocycles. The Hall–Kier alpha value is -3.52. The first-order chi connectivity index (χ1) is 14.2. The molecule has 3 N–H and O–H groups in total. The third kappa shape index (κ3) is 4.08. The standard InChI is InChI=1S/C21H21ClN4O4/c1-12-18(20(28)26(25(12)3)15-7-5-4-6-8-15)24-19(27)13(2)30-21(29)16-10-9-14(22)11-17(16)23/h4-11,13H,23H2,1-3H3,(H,24,27). The highest BCUT2D eigenvalue weighted by Crippen LogP contribution is 2.20. The Balaban J connectivity index is 1.79. The van der Waals surface area contributed by atoms with Crippen LogP contribution in [-0.2, 0) is 16.6 Å². The summed E-state index contributed by atoms with van der Waals surface area (Å²) in [5.41, 5.74) is 6.95. The van der Waals surface area contributed by atoms with Crippen LogP contribution in [0.5, 0.6) is 0 Å². The molecule has 0 spiro atoms. The van der Waals surface area contributed by atoms with Crippen LogP contribution in [0, 0.1) is 6.92 Å². The quantitative estimate of drug-likeness (QED) is 0.479.